The van der Waals surface area contributed by atoms with E-state index in [4.69, 9.17) is 11.6 Å². The number of carboxylic acid groups (broad SMARTS) is 1. The zero-order chi connectivity index (χ0) is 14.8. The molecule has 0 bridgehead atoms. The van der Waals surface area contributed by atoms with Gasteiger partial charge >= 0.3 is 5.97 Å². The summed E-state index contributed by atoms with van der Waals surface area (Å²) in [5.74, 6) is -0.899. The molecule has 0 aliphatic carbocycles. The molecule has 0 fully saturated rings. The van der Waals surface area contributed by atoms with E-state index in [1.165, 1.54) is 0 Å². The van der Waals surface area contributed by atoms with Crippen molar-refractivity contribution in [2.75, 3.05) is 0 Å². The second-order valence-electron chi connectivity index (χ2n) is 4.93. The summed E-state index contributed by atoms with van der Waals surface area (Å²) < 4.78 is 0. The van der Waals surface area contributed by atoms with Crippen LogP contribution in [-0.4, -0.2) is 11.1 Å². The maximum absolute atomic E-state index is 11.4. The Morgan fingerprint density at radius 2 is 1.62 bits per heavy atom. The van der Waals surface area contributed by atoms with Crippen molar-refractivity contribution >= 4 is 28.3 Å². The first-order chi connectivity index (χ1) is 10.1. The van der Waals surface area contributed by atoms with Gasteiger partial charge in [0, 0.05) is 5.02 Å². The van der Waals surface area contributed by atoms with Gasteiger partial charge in [-0.1, -0.05) is 54.1 Å². The average Bonchev–Trinajstić information content (AvgIpc) is 2.49. The van der Waals surface area contributed by atoms with Crippen LogP contribution in [0.1, 0.15) is 21.5 Å². The van der Waals surface area contributed by atoms with Crippen molar-refractivity contribution in [3.05, 3.63) is 82.4 Å². The fraction of sp³-hybridized carbons (Fsp3) is 0.0556. The lowest BCUT2D eigenvalue weighted by atomic mass is 9.95. The van der Waals surface area contributed by atoms with Crippen molar-refractivity contribution in [2.45, 2.75) is 6.42 Å². The van der Waals surface area contributed by atoms with Crippen LogP contribution in [0.2, 0.25) is 5.02 Å². The molecule has 0 saturated heterocycles. The molecule has 2 nitrogen and oxygen atoms in total. The molecule has 0 aliphatic rings. The van der Waals surface area contributed by atoms with E-state index in [2.05, 4.69) is 0 Å². The van der Waals surface area contributed by atoms with Crippen LogP contribution < -0.4 is 0 Å². The lowest BCUT2D eigenvalue weighted by Crippen LogP contribution is -2.00. The van der Waals surface area contributed by atoms with E-state index in [9.17, 15) is 9.90 Å². The van der Waals surface area contributed by atoms with E-state index in [0.29, 0.717) is 17.0 Å². The van der Waals surface area contributed by atoms with Crippen LogP contribution in [0.5, 0.6) is 0 Å². The topological polar surface area (TPSA) is 37.3 Å². The number of fused-ring (bicyclic) bond motifs is 1. The highest BCUT2D eigenvalue weighted by Gasteiger charge is 2.11. The Morgan fingerprint density at radius 1 is 0.952 bits per heavy atom. The predicted octanol–water partition coefficient (Wildman–Crippen LogP) is 4.78. The molecule has 0 aromatic heterocycles. The molecule has 3 aromatic carbocycles. The smallest absolute Gasteiger partial charge is 0.336 e. The van der Waals surface area contributed by atoms with Gasteiger partial charge in [0.1, 0.15) is 0 Å². The summed E-state index contributed by atoms with van der Waals surface area (Å²) in [7, 11) is 0. The molecule has 0 heterocycles. The largest absolute Gasteiger partial charge is 0.478 e. The molecule has 1 N–H and O–H groups in total. The standard InChI is InChI=1S/C18H13ClO2/c19-15-9-7-12(8-10-15)11-14-5-1-3-13-4-2-6-16(17(13)14)18(20)21/h1-10H,11H2,(H,20,21). The SMILES string of the molecule is O=C(O)c1cccc2cccc(Cc3ccc(Cl)cc3)c12. The molecule has 0 radical (unpaired) electrons. The minimum atomic E-state index is -0.899. The third kappa shape index (κ3) is 2.76. The number of aromatic carboxylic acids is 1. The number of carbonyl (C=O) groups is 1. The van der Waals surface area contributed by atoms with Crippen molar-refractivity contribution < 1.29 is 9.90 Å². The van der Waals surface area contributed by atoms with Crippen molar-refractivity contribution in [3.8, 4) is 0 Å². The van der Waals surface area contributed by atoms with Crippen molar-refractivity contribution in [3.63, 3.8) is 0 Å². The van der Waals surface area contributed by atoms with E-state index in [1.807, 2.05) is 48.5 Å². The van der Waals surface area contributed by atoms with Gasteiger partial charge in [0.2, 0.25) is 0 Å². The molecule has 3 rings (SSSR count). The molecule has 0 aliphatic heterocycles. The summed E-state index contributed by atoms with van der Waals surface area (Å²) in [5, 5.41) is 11.8. The molecule has 104 valence electrons. The van der Waals surface area contributed by atoms with Crippen molar-refractivity contribution in [1.82, 2.24) is 0 Å². The van der Waals surface area contributed by atoms with E-state index in [1.54, 1.807) is 12.1 Å². The maximum Gasteiger partial charge on any atom is 0.336 e. The Bertz CT molecular complexity index is 802. The number of hydrogen-bond donors (Lipinski definition) is 1. The number of hydrogen-bond acceptors (Lipinski definition) is 1. The van der Waals surface area contributed by atoms with E-state index < -0.39 is 5.97 Å². The first kappa shape index (κ1) is 13.7. The average molecular weight is 297 g/mol. The molecule has 3 heteroatoms. The Hall–Kier alpha value is -2.32. The minimum absolute atomic E-state index is 0.345. The van der Waals surface area contributed by atoms with Gasteiger partial charge in [0.15, 0.2) is 0 Å². The van der Waals surface area contributed by atoms with E-state index in [0.717, 1.165) is 21.9 Å². The summed E-state index contributed by atoms with van der Waals surface area (Å²) in [6.45, 7) is 0. The highest BCUT2D eigenvalue weighted by atomic mass is 35.5. The lowest BCUT2D eigenvalue weighted by molar-refractivity contribution is 0.0699. The minimum Gasteiger partial charge on any atom is -0.478 e. The second kappa shape index (κ2) is 5.58. The summed E-state index contributed by atoms with van der Waals surface area (Å²) in [6.07, 6.45) is 0.679. The third-order valence-electron chi connectivity index (χ3n) is 3.53. The van der Waals surface area contributed by atoms with Gasteiger partial charge in [0.25, 0.3) is 0 Å². The van der Waals surface area contributed by atoms with Crippen LogP contribution in [0.4, 0.5) is 0 Å². The summed E-state index contributed by atoms with van der Waals surface area (Å²) in [6, 6.07) is 18.9. The Morgan fingerprint density at radius 3 is 2.29 bits per heavy atom. The van der Waals surface area contributed by atoms with Crippen LogP contribution in [0, 0.1) is 0 Å². The fourth-order valence-corrected chi connectivity index (χ4v) is 2.69. The number of benzene rings is 3. The van der Waals surface area contributed by atoms with Crippen molar-refractivity contribution in [1.29, 1.82) is 0 Å². The Balaban J connectivity index is 2.13. The molecule has 0 spiro atoms. The van der Waals surface area contributed by atoms with Crippen LogP contribution in [0.15, 0.2) is 60.7 Å². The quantitative estimate of drug-likeness (QED) is 0.755. The summed E-state index contributed by atoms with van der Waals surface area (Å²) in [5.41, 5.74) is 2.46. The van der Waals surface area contributed by atoms with Crippen LogP contribution in [-0.2, 0) is 6.42 Å². The normalized spacial score (nSPS) is 10.7. The fourth-order valence-electron chi connectivity index (χ4n) is 2.57. The van der Waals surface area contributed by atoms with E-state index in [-0.39, 0.29) is 0 Å². The van der Waals surface area contributed by atoms with E-state index >= 15 is 0 Å². The van der Waals surface area contributed by atoms with Gasteiger partial charge < -0.3 is 5.11 Å². The summed E-state index contributed by atoms with van der Waals surface area (Å²) in [4.78, 5) is 11.4. The molecule has 21 heavy (non-hydrogen) atoms. The van der Waals surface area contributed by atoms with Crippen molar-refractivity contribution in [2.24, 2.45) is 0 Å². The highest BCUT2D eigenvalue weighted by Crippen LogP contribution is 2.25. The Labute approximate surface area is 127 Å². The summed E-state index contributed by atoms with van der Waals surface area (Å²) >= 11 is 5.90. The molecule has 0 atom stereocenters. The van der Waals surface area contributed by atoms with Crippen LogP contribution in [0.3, 0.4) is 0 Å². The van der Waals surface area contributed by atoms with Gasteiger partial charge in [-0.2, -0.15) is 0 Å². The van der Waals surface area contributed by atoms with Gasteiger partial charge in [-0.05, 0) is 46.5 Å². The molecule has 0 unspecified atom stereocenters. The van der Waals surface area contributed by atoms with Crippen LogP contribution >= 0.6 is 11.6 Å². The van der Waals surface area contributed by atoms with Crippen LogP contribution in [0.25, 0.3) is 10.8 Å². The molecule has 0 amide bonds. The van der Waals surface area contributed by atoms with Gasteiger partial charge in [-0.3, -0.25) is 0 Å². The molecular weight excluding hydrogens is 284 g/mol. The van der Waals surface area contributed by atoms with Gasteiger partial charge in [-0.25, -0.2) is 4.79 Å². The first-order valence-corrected chi connectivity index (χ1v) is 7.01. The lowest BCUT2D eigenvalue weighted by Gasteiger charge is -2.10. The second-order valence-corrected chi connectivity index (χ2v) is 5.37. The molecular formula is C18H13ClO2. The predicted molar refractivity (Wildman–Crippen MR) is 85.2 cm³/mol. The maximum atomic E-state index is 11.4. The highest BCUT2D eigenvalue weighted by molar-refractivity contribution is 6.30. The third-order valence-corrected chi connectivity index (χ3v) is 3.78. The molecule has 0 saturated carbocycles. The Kier molecular flexibility index (Phi) is 3.63. The zero-order valence-corrected chi connectivity index (χ0v) is 12.0. The van der Waals surface area contributed by atoms with Gasteiger partial charge in [0.05, 0.1) is 5.56 Å². The molecule has 3 aromatic rings. The first-order valence-electron chi connectivity index (χ1n) is 6.63. The van der Waals surface area contributed by atoms with Gasteiger partial charge in [-0.15, -0.1) is 0 Å². The zero-order valence-electron chi connectivity index (χ0n) is 11.2. The number of rotatable bonds is 3. The number of carboxylic acids is 1. The number of halogens is 1. The monoisotopic (exact) mass is 296 g/mol.